The number of carbonyl (C=O) groups is 1. The first-order valence-electron chi connectivity index (χ1n) is 9.23. The Morgan fingerprint density at radius 1 is 1.28 bits per heavy atom. The highest BCUT2D eigenvalue weighted by Gasteiger charge is 2.29. The number of hydrogen-bond acceptors (Lipinski definition) is 4. The van der Waals surface area contributed by atoms with Crippen LogP contribution in [0.25, 0.3) is 11.1 Å². The summed E-state index contributed by atoms with van der Waals surface area (Å²) < 4.78 is 11.5. The summed E-state index contributed by atoms with van der Waals surface area (Å²) >= 11 is 0. The zero-order valence-corrected chi connectivity index (χ0v) is 14.6. The van der Waals surface area contributed by atoms with E-state index in [1.165, 1.54) is 0 Å². The van der Waals surface area contributed by atoms with E-state index in [1.807, 2.05) is 36.1 Å². The molecule has 1 aromatic carbocycles. The minimum absolute atomic E-state index is 0.0130. The molecule has 6 nitrogen and oxygen atoms in total. The normalized spacial score (nSPS) is 23.1. The predicted octanol–water partition coefficient (Wildman–Crippen LogP) is 3.28. The third-order valence-corrected chi connectivity index (χ3v) is 5.32. The van der Waals surface area contributed by atoms with Crippen molar-refractivity contribution in [2.75, 3.05) is 19.7 Å². The number of urea groups is 1. The molecule has 0 radical (unpaired) electrons. The van der Waals surface area contributed by atoms with E-state index in [9.17, 15) is 4.79 Å². The molecule has 2 fully saturated rings. The molecule has 0 unspecified atom stereocenters. The molecule has 1 aromatic heterocycles. The van der Waals surface area contributed by atoms with Crippen LogP contribution in [0, 0.1) is 0 Å². The largest absolute Gasteiger partial charge is 0.440 e. The maximum absolute atomic E-state index is 12.5. The predicted molar refractivity (Wildman–Crippen MR) is 94.5 cm³/mol. The maximum atomic E-state index is 12.5. The molecule has 25 heavy (non-hydrogen) atoms. The lowest BCUT2D eigenvalue weighted by molar-refractivity contribution is 0.0823. The Hall–Kier alpha value is -2.08. The number of fused-ring (bicyclic) bond motifs is 1. The van der Waals surface area contributed by atoms with Crippen molar-refractivity contribution in [2.24, 2.45) is 0 Å². The summed E-state index contributed by atoms with van der Waals surface area (Å²) in [4.78, 5) is 19.0. The van der Waals surface area contributed by atoms with Gasteiger partial charge in [0.05, 0.1) is 12.1 Å². The first-order chi connectivity index (χ1) is 12.2. The fraction of sp³-hybridized carbons (Fsp3) is 0.579. The van der Waals surface area contributed by atoms with Gasteiger partial charge in [0, 0.05) is 25.6 Å². The van der Waals surface area contributed by atoms with Gasteiger partial charge in [-0.3, -0.25) is 0 Å². The number of hydrogen-bond donors (Lipinski definition) is 1. The number of aromatic nitrogens is 1. The number of amides is 2. The molecule has 0 aliphatic carbocycles. The summed E-state index contributed by atoms with van der Waals surface area (Å²) in [6, 6.07) is 7.91. The Kier molecular flexibility index (Phi) is 4.61. The molecule has 0 saturated carbocycles. The molecular weight excluding hydrogens is 318 g/mol. The summed E-state index contributed by atoms with van der Waals surface area (Å²) in [7, 11) is 0. The van der Waals surface area contributed by atoms with Crippen LogP contribution in [0.5, 0.6) is 0 Å². The number of carbonyl (C=O) groups excluding carboxylic acids is 1. The van der Waals surface area contributed by atoms with E-state index in [2.05, 4.69) is 10.3 Å². The minimum Gasteiger partial charge on any atom is -0.440 e. The summed E-state index contributed by atoms with van der Waals surface area (Å²) in [5.41, 5.74) is 1.74. The van der Waals surface area contributed by atoms with E-state index in [-0.39, 0.29) is 24.1 Å². The zero-order valence-electron chi connectivity index (χ0n) is 14.6. The van der Waals surface area contributed by atoms with Gasteiger partial charge in [-0.15, -0.1) is 0 Å². The van der Waals surface area contributed by atoms with Crippen molar-refractivity contribution < 1.29 is 13.9 Å². The molecule has 2 aromatic rings. The molecule has 2 atom stereocenters. The average Bonchev–Trinajstić information content (AvgIpc) is 3.31. The third kappa shape index (κ3) is 3.49. The first kappa shape index (κ1) is 16.4. The molecular formula is C19H25N3O3. The second-order valence-corrected chi connectivity index (χ2v) is 7.07. The molecule has 3 heterocycles. The van der Waals surface area contributed by atoms with Gasteiger partial charge in [-0.2, -0.15) is 0 Å². The van der Waals surface area contributed by atoms with Crippen LogP contribution >= 0.6 is 0 Å². The van der Waals surface area contributed by atoms with Crippen molar-refractivity contribution in [3.8, 4) is 0 Å². The van der Waals surface area contributed by atoms with Crippen molar-refractivity contribution in [3.05, 3.63) is 30.2 Å². The van der Waals surface area contributed by atoms with Crippen molar-refractivity contribution in [1.82, 2.24) is 15.2 Å². The highest BCUT2D eigenvalue weighted by atomic mass is 16.5. The molecule has 2 amide bonds. The van der Waals surface area contributed by atoms with Gasteiger partial charge >= 0.3 is 6.03 Å². The fourth-order valence-corrected chi connectivity index (χ4v) is 3.77. The minimum atomic E-state index is 0.0130. The summed E-state index contributed by atoms with van der Waals surface area (Å²) in [5.74, 6) is 1.08. The molecule has 2 aliphatic heterocycles. The highest BCUT2D eigenvalue weighted by molar-refractivity contribution is 5.75. The van der Waals surface area contributed by atoms with Crippen LogP contribution in [-0.4, -0.2) is 47.8 Å². The standard InChI is InChI=1S/C19H25N3O3/c1-13(16-7-4-12-24-16)20-19(23)22-10-8-14(9-11-22)18-21-15-5-2-3-6-17(15)25-18/h2-3,5-6,13-14,16H,4,7-12H2,1H3,(H,20,23)/t13-,16+/m0/s1. The zero-order chi connectivity index (χ0) is 17.2. The number of rotatable bonds is 3. The molecule has 2 aliphatic rings. The Morgan fingerprint density at radius 2 is 2.08 bits per heavy atom. The van der Waals surface area contributed by atoms with Crippen LogP contribution in [-0.2, 0) is 4.74 Å². The lowest BCUT2D eigenvalue weighted by atomic mass is 9.97. The van der Waals surface area contributed by atoms with E-state index in [1.54, 1.807) is 0 Å². The summed E-state index contributed by atoms with van der Waals surface area (Å²) in [5, 5.41) is 3.09. The van der Waals surface area contributed by atoms with Crippen LogP contribution in [0.1, 0.15) is 44.4 Å². The molecule has 2 saturated heterocycles. The molecule has 0 spiro atoms. The molecule has 1 N–H and O–H groups in total. The van der Waals surface area contributed by atoms with Gasteiger partial charge in [0.1, 0.15) is 5.52 Å². The number of para-hydroxylation sites is 2. The van der Waals surface area contributed by atoms with Crippen LogP contribution < -0.4 is 5.32 Å². The van der Waals surface area contributed by atoms with Gasteiger partial charge in [0.25, 0.3) is 0 Å². The second-order valence-electron chi connectivity index (χ2n) is 7.07. The van der Waals surface area contributed by atoms with Crippen molar-refractivity contribution in [1.29, 1.82) is 0 Å². The topological polar surface area (TPSA) is 67.6 Å². The first-order valence-corrected chi connectivity index (χ1v) is 9.23. The second kappa shape index (κ2) is 7.04. The quantitative estimate of drug-likeness (QED) is 0.929. The number of likely N-dealkylation sites (tertiary alicyclic amines) is 1. The molecule has 134 valence electrons. The Balaban J connectivity index is 1.32. The van der Waals surface area contributed by atoms with E-state index < -0.39 is 0 Å². The maximum Gasteiger partial charge on any atom is 0.317 e. The van der Waals surface area contributed by atoms with Crippen molar-refractivity contribution in [2.45, 2.75) is 50.7 Å². The van der Waals surface area contributed by atoms with Crippen molar-refractivity contribution >= 4 is 17.1 Å². The molecule has 6 heteroatoms. The summed E-state index contributed by atoms with van der Waals surface area (Å²) in [6.07, 6.45) is 4.03. The SMILES string of the molecule is C[C@H](NC(=O)N1CCC(c2nc3ccccc3o2)CC1)[C@H]1CCCO1. The lowest BCUT2D eigenvalue weighted by Gasteiger charge is -2.32. The van der Waals surface area contributed by atoms with Crippen LogP contribution in [0.15, 0.2) is 28.7 Å². The number of oxazole rings is 1. The Labute approximate surface area is 147 Å². The number of piperidine rings is 1. The van der Waals surface area contributed by atoms with Gasteiger partial charge in [-0.1, -0.05) is 12.1 Å². The van der Waals surface area contributed by atoms with Gasteiger partial charge in [-0.25, -0.2) is 9.78 Å². The van der Waals surface area contributed by atoms with E-state index in [0.29, 0.717) is 0 Å². The van der Waals surface area contributed by atoms with Gasteiger partial charge in [0.15, 0.2) is 11.5 Å². The van der Waals surface area contributed by atoms with E-state index in [4.69, 9.17) is 9.15 Å². The average molecular weight is 343 g/mol. The Morgan fingerprint density at radius 3 is 2.80 bits per heavy atom. The molecule has 0 bridgehead atoms. The van der Waals surface area contributed by atoms with E-state index in [0.717, 1.165) is 62.4 Å². The van der Waals surface area contributed by atoms with Gasteiger partial charge in [0.2, 0.25) is 0 Å². The monoisotopic (exact) mass is 343 g/mol. The summed E-state index contributed by atoms with van der Waals surface area (Å²) in [6.45, 7) is 4.29. The van der Waals surface area contributed by atoms with Crippen LogP contribution in [0.2, 0.25) is 0 Å². The van der Waals surface area contributed by atoms with Crippen LogP contribution in [0.4, 0.5) is 4.79 Å². The lowest BCUT2D eigenvalue weighted by Crippen LogP contribution is -2.49. The van der Waals surface area contributed by atoms with E-state index >= 15 is 0 Å². The molecule has 4 rings (SSSR count). The number of nitrogens with one attached hydrogen (secondary N) is 1. The van der Waals surface area contributed by atoms with Crippen molar-refractivity contribution in [3.63, 3.8) is 0 Å². The van der Waals surface area contributed by atoms with Gasteiger partial charge in [-0.05, 0) is 44.7 Å². The smallest absolute Gasteiger partial charge is 0.317 e. The number of ether oxygens (including phenoxy) is 1. The highest BCUT2D eigenvalue weighted by Crippen LogP contribution is 2.30. The van der Waals surface area contributed by atoms with Crippen LogP contribution in [0.3, 0.4) is 0 Å². The number of benzene rings is 1. The third-order valence-electron chi connectivity index (χ3n) is 5.32. The van der Waals surface area contributed by atoms with Gasteiger partial charge < -0.3 is 19.4 Å². The Bertz CT molecular complexity index is 697. The fourth-order valence-electron chi connectivity index (χ4n) is 3.77. The number of nitrogens with zero attached hydrogens (tertiary/aromatic N) is 2.